The first-order chi connectivity index (χ1) is 9.52. The molecular formula is C12H14N4O3S. The van der Waals surface area contributed by atoms with E-state index in [4.69, 9.17) is 0 Å². The van der Waals surface area contributed by atoms with Crippen molar-refractivity contribution in [3.63, 3.8) is 0 Å². The molecule has 0 amide bonds. The number of aromatic nitrogens is 3. The zero-order valence-corrected chi connectivity index (χ0v) is 12.2. The Kier molecular flexibility index (Phi) is 4.14. The molecule has 2 aromatic rings. The Morgan fingerprint density at radius 3 is 2.80 bits per heavy atom. The molecule has 20 heavy (non-hydrogen) atoms. The first-order valence-electron chi connectivity index (χ1n) is 5.83. The van der Waals surface area contributed by atoms with Crippen molar-refractivity contribution >= 4 is 28.2 Å². The summed E-state index contributed by atoms with van der Waals surface area (Å²) in [5, 5.41) is 7.62. The number of carbonyl (C=O) groups is 2. The summed E-state index contributed by atoms with van der Waals surface area (Å²) in [5.41, 5.74) is 1.02. The summed E-state index contributed by atoms with van der Waals surface area (Å²) in [4.78, 5) is 27.5. The molecule has 0 radical (unpaired) electrons. The van der Waals surface area contributed by atoms with Gasteiger partial charge in [0.25, 0.3) is 0 Å². The Balaban J connectivity index is 2.19. The molecule has 1 N–H and O–H groups in total. The maximum Gasteiger partial charge on any atom is 0.358 e. The van der Waals surface area contributed by atoms with Crippen molar-refractivity contribution < 1.29 is 14.3 Å². The van der Waals surface area contributed by atoms with Gasteiger partial charge in [-0.15, -0.1) is 0 Å². The van der Waals surface area contributed by atoms with Gasteiger partial charge in [-0.1, -0.05) is 11.3 Å². The lowest BCUT2D eigenvalue weighted by molar-refractivity contribution is 0.0591. The predicted octanol–water partition coefficient (Wildman–Crippen LogP) is 1.48. The molecule has 0 aromatic carbocycles. The summed E-state index contributed by atoms with van der Waals surface area (Å²) in [6, 6.07) is 1.87. The number of hydrogen-bond donors (Lipinski definition) is 1. The quantitative estimate of drug-likeness (QED) is 0.664. The van der Waals surface area contributed by atoms with Crippen LogP contribution < -0.4 is 5.32 Å². The number of carbonyl (C=O) groups excluding carboxylic acids is 2. The lowest BCUT2D eigenvalue weighted by atomic mass is 10.3. The lowest BCUT2D eigenvalue weighted by Gasteiger charge is -2.02. The highest BCUT2D eigenvalue weighted by Gasteiger charge is 2.21. The standard InChI is InChI=1S/C12H14N4O3S/c1-7(17)10-9(11(18)19-3)15-12(20-10)13-6-8-4-5-14-16(8)2/h4-5H,6H2,1-3H3,(H,13,15). The molecule has 8 heteroatoms. The molecule has 106 valence electrons. The monoisotopic (exact) mass is 294 g/mol. The third-order valence-corrected chi connectivity index (χ3v) is 3.78. The number of rotatable bonds is 5. The smallest absolute Gasteiger partial charge is 0.358 e. The van der Waals surface area contributed by atoms with E-state index in [-0.39, 0.29) is 11.5 Å². The number of ketones is 1. The molecule has 0 fully saturated rings. The second-order valence-electron chi connectivity index (χ2n) is 4.04. The van der Waals surface area contributed by atoms with Crippen LogP contribution in [0.5, 0.6) is 0 Å². The van der Waals surface area contributed by atoms with Crippen LogP contribution in [-0.2, 0) is 18.3 Å². The molecule has 2 heterocycles. The maximum atomic E-state index is 11.6. The van der Waals surface area contributed by atoms with E-state index < -0.39 is 5.97 Å². The second kappa shape index (κ2) is 5.83. The normalized spacial score (nSPS) is 10.3. The number of nitrogens with one attached hydrogen (secondary N) is 1. The van der Waals surface area contributed by atoms with Crippen LogP contribution in [-0.4, -0.2) is 33.6 Å². The number of nitrogens with zero attached hydrogens (tertiary/aromatic N) is 3. The molecule has 0 saturated heterocycles. The highest BCUT2D eigenvalue weighted by atomic mass is 32.1. The highest BCUT2D eigenvalue weighted by molar-refractivity contribution is 7.17. The van der Waals surface area contributed by atoms with Crippen LogP contribution in [0, 0.1) is 0 Å². The summed E-state index contributed by atoms with van der Waals surface area (Å²) in [5.74, 6) is -0.823. The predicted molar refractivity (Wildman–Crippen MR) is 74.0 cm³/mol. The second-order valence-corrected chi connectivity index (χ2v) is 5.04. The minimum Gasteiger partial charge on any atom is -0.464 e. The number of Topliss-reactive ketones (excluding diaryl/α,β-unsaturated/α-hetero) is 1. The molecule has 0 aliphatic rings. The summed E-state index contributed by atoms with van der Waals surface area (Å²) in [6.07, 6.45) is 1.69. The Morgan fingerprint density at radius 2 is 2.25 bits per heavy atom. The first kappa shape index (κ1) is 14.2. The third kappa shape index (κ3) is 2.85. The molecule has 0 bridgehead atoms. The molecule has 0 spiro atoms. The molecule has 7 nitrogen and oxygen atoms in total. The van der Waals surface area contributed by atoms with Gasteiger partial charge in [0.1, 0.15) is 4.88 Å². The van der Waals surface area contributed by atoms with E-state index >= 15 is 0 Å². The van der Waals surface area contributed by atoms with E-state index in [0.29, 0.717) is 16.6 Å². The third-order valence-electron chi connectivity index (χ3n) is 2.67. The molecule has 2 rings (SSSR count). The number of methoxy groups -OCH3 is 1. The fourth-order valence-electron chi connectivity index (χ4n) is 1.61. The van der Waals surface area contributed by atoms with Crippen LogP contribution in [0.15, 0.2) is 12.3 Å². The summed E-state index contributed by atoms with van der Waals surface area (Å²) in [6.45, 7) is 1.90. The van der Waals surface area contributed by atoms with Crippen molar-refractivity contribution in [1.29, 1.82) is 0 Å². The first-order valence-corrected chi connectivity index (χ1v) is 6.65. The molecule has 0 aliphatic carbocycles. The number of anilines is 1. The highest BCUT2D eigenvalue weighted by Crippen LogP contribution is 2.24. The van der Waals surface area contributed by atoms with Crippen molar-refractivity contribution in [2.75, 3.05) is 12.4 Å². The van der Waals surface area contributed by atoms with Crippen molar-refractivity contribution in [3.05, 3.63) is 28.5 Å². The summed E-state index contributed by atoms with van der Waals surface area (Å²) < 4.78 is 6.35. The van der Waals surface area contributed by atoms with E-state index in [2.05, 4.69) is 20.1 Å². The number of aryl methyl sites for hydroxylation is 1. The molecule has 0 saturated carbocycles. The zero-order valence-electron chi connectivity index (χ0n) is 11.3. The van der Waals surface area contributed by atoms with Gasteiger partial charge in [0.05, 0.1) is 19.3 Å². The molecule has 0 unspecified atom stereocenters. The fraction of sp³-hybridized carbons (Fsp3) is 0.333. The lowest BCUT2D eigenvalue weighted by Crippen LogP contribution is -2.08. The average Bonchev–Trinajstić information content (AvgIpc) is 3.01. The topological polar surface area (TPSA) is 86.1 Å². The van der Waals surface area contributed by atoms with Gasteiger partial charge in [-0.25, -0.2) is 9.78 Å². The average molecular weight is 294 g/mol. The SMILES string of the molecule is COC(=O)c1nc(NCc2ccnn2C)sc1C(C)=O. The Labute approximate surface area is 119 Å². The van der Waals surface area contributed by atoms with Crippen LogP contribution in [0.1, 0.15) is 32.8 Å². The Hall–Kier alpha value is -2.22. The number of ether oxygens (including phenoxy) is 1. The van der Waals surface area contributed by atoms with Gasteiger partial charge in [-0.05, 0) is 6.07 Å². The van der Waals surface area contributed by atoms with E-state index in [1.807, 2.05) is 13.1 Å². The minimum atomic E-state index is -0.611. The zero-order chi connectivity index (χ0) is 14.7. The van der Waals surface area contributed by atoms with E-state index in [1.165, 1.54) is 14.0 Å². The summed E-state index contributed by atoms with van der Waals surface area (Å²) in [7, 11) is 3.09. The molecule has 0 atom stereocenters. The van der Waals surface area contributed by atoms with Gasteiger partial charge in [0, 0.05) is 20.2 Å². The van der Waals surface area contributed by atoms with E-state index in [0.717, 1.165) is 17.0 Å². The van der Waals surface area contributed by atoms with Gasteiger partial charge in [0.2, 0.25) is 0 Å². The van der Waals surface area contributed by atoms with Crippen LogP contribution in [0.4, 0.5) is 5.13 Å². The minimum absolute atomic E-state index is 0.0532. The van der Waals surface area contributed by atoms with Crippen molar-refractivity contribution in [1.82, 2.24) is 14.8 Å². The number of hydrogen-bond acceptors (Lipinski definition) is 7. The molecule has 2 aromatic heterocycles. The molecular weight excluding hydrogens is 280 g/mol. The van der Waals surface area contributed by atoms with Crippen LogP contribution in [0.25, 0.3) is 0 Å². The van der Waals surface area contributed by atoms with Gasteiger partial charge in [0.15, 0.2) is 16.6 Å². The van der Waals surface area contributed by atoms with Gasteiger partial charge >= 0.3 is 5.97 Å². The van der Waals surface area contributed by atoms with E-state index in [9.17, 15) is 9.59 Å². The van der Waals surface area contributed by atoms with Gasteiger partial charge in [-0.3, -0.25) is 9.48 Å². The van der Waals surface area contributed by atoms with Gasteiger partial charge in [-0.2, -0.15) is 5.10 Å². The fourth-order valence-corrected chi connectivity index (χ4v) is 2.45. The largest absolute Gasteiger partial charge is 0.464 e. The van der Waals surface area contributed by atoms with Crippen molar-refractivity contribution in [2.45, 2.75) is 13.5 Å². The van der Waals surface area contributed by atoms with Crippen molar-refractivity contribution in [2.24, 2.45) is 7.05 Å². The van der Waals surface area contributed by atoms with Crippen LogP contribution >= 0.6 is 11.3 Å². The number of thiazole rings is 1. The van der Waals surface area contributed by atoms with Crippen LogP contribution in [0.3, 0.4) is 0 Å². The van der Waals surface area contributed by atoms with Crippen LogP contribution in [0.2, 0.25) is 0 Å². The maximum absolute atomic E-state index is 11.6. The number of esters is 1. The van der Waals surface area contributed by atoms with E-state index in [1.54, 1.807) is 10.9 Å². The van der Waals surface area contributed by atoms with Crippen molar-refractivity contribution in [3.8, 4) is 0 Å². The summed E-state index contributed by atoms with van der Waals surface area (Å²) >= 11 is 1.14. The molecule has 0 aliphatic heterocycles. The Bertz CT molecular complexity index is 647. The van der Waals surface area contributed by atoms with Gasteiger partial charge < -0.3 is 10.1 Å². The Morgan fingerprint density at radius 1 is 1.50 bits per heavy atom.